The molecule has 0 spiro atoms. The number of hydrogen-bond donors (Lipinski definition) is 2. The highest BCUT2D eigenvalue weighted by atomic mass is 16.3. The van der Waals surface area contributed by atoms with Gasteiger partial charge in [0.05, 0.1) is 12.1 Å². The van der Waals surface area contributed by atoms with Crippen molar-refractivity contribution in [3.8, 4) is 0 Å². The van der Waals surface area contributed by atoms with Crippen LogP contribution in [0.1, 0.15) is 41.0 Å². The molecule has 0 saturated carbocycles. The summed E-state index contributed by atoms with van der Waals surface area (Å²) < 4.78 is 0. The summed E-state index contributed by atoms with van der Waals surface area (Å²) in [6.45, 7) is 11.4. The summed E-state index contributed by atoms with van der Waals surface area (Å²) in [5, 5.41) is 12.5. The molecular formula is C13H26N2O2. The zero-order valence-electron chi connectivity index (χ0n) is 11.7. The van der Waals surface area contributed by atoms with Crippen molar-refractivity contribution in [3.05, 3.63) is 0 Å². The number of hydrogen-bond acceptors (Lipinski definition) is 3. The van der Waals surface area contributed by atoms with Crippen LogP contribution in [0.15, 0.2) is 0 Å². The highest BCUT2D eigenvalue weighted by molar-refractivity contribution is 5.82. The molecule has 3 unspecified atom stereocenters. The van der Waals surface area contributed by atoms with E-state index >= 15 is 0 Å². The van der Waals surface area contributed by atoms with Crippen LogP contribution in [0.25, 0.3) is 0 Å². The Labute approximate surface area is 104 Å². The van der Waals surface area contributed by atoms with Gasteiger partial charge in [-0.3, -0.25) is 9.69 Å². The molecule has 0 aromatic heterocycles. The lowest BCUT2D eigenvalue weighted by Gasteiger charge is -2.28. The van der Waals surface area contributed by atoms with Crippen LogP contribution in [0.5, 0.6) is 0 Å². The first kappa shape index (κ1) is 14.5. The Morgan fingerprint density at radius 2 is 2.00 bits per heavy atom. The molecule has 1 heterocycles. The molecule has 17 heavy (non-hydrogen) atoms. The third-order valence-corrected chi connectivity index (χ3v) is 3.36. The zero-order chi connectivity index (χ0) is 13.2. The average molecular weight is 242 g/mol. The predicted molar refractivity (Wildman–Crippen MR) is 68.7 cm³/mol. The summed E-state index contributed by atoms with van der Waals surface area (Å²) in [5.41, 5.74) is -0.186. The van der Waals surface area contributed by atoms with Gasteiger partial charge in [-0.05, 0) is 53.5 Å². The van der Waals surface area contributed by atoms with Crippen molar-refractivity contribution in [3.63, 3.8) is 0 Å². The van der Waals surface area contributed by atoms with Gasteiger partial charge in [-0.25, -0.2) is 0 Å². The van der Waals surface area contributed by atoms with E-state index in [2.05, 4.69) is 10.2 Å². The van der Waals surface area contributed by atoms with Crippen molar-refractivity contribution in [1.29, 1.82) is 0 Å². The highest BCUT2D eigenvalue weighted by Crippen LogP contribution is 2.21. The molecule has 4 nitrogen and oxygen atoms in total. The number of likely N-dealkylation sites (tertiary alicyclic amines) is 1. The Kier molecular flexibility index (Phi) is 4.55. The predicted octanol–water partition coefficient (Wildman–Crippen LogP) is 0.992. The number of nitrogens with one attached hydrogen (secondary N) is 1. The monoisotopic (exact) mass is 242 g/mol. The number of carbonyl (C=O) groups excluding carboxylic acids is 1. The summed E-state index contributed by atoms with van der Waals surface area (Å²) in [7, 11) is 0. The van der Waals surface area contributed by atoms with Crippen LogP contribution in [-0.2, 0) is 4.79 Å². The van der Waals surface area contributed by atoms with E-state index in [9.17, 15) is 9.90 Å². The second-order valence-corrected chi connectivity index (χ2v) is 6.20. The Balaban J connectivity index is 2.49. The third kappa shape index (κ3) is 4.28. The number of amides is 1. The summed E-state index contributed by atoms with van der Waals surface area (Å²) in [6.07, 6.45) is 0.697. The van der Waals surface area contributed by atoms with Crippen LogP contribution < -0.4 is 5.32 Å². The van der Waals surface area contributed by atoms with Crippen molar-refractivity contribution in [2.24, 2.45) is 5.92 Å². The molecule has 1 amide bonds. The van der Waals surface area contributed by atoms with Crippen molar-refractivity contribution in [2.75, 3.05) is 13.1 Å². The first-order valence-electron chi connectivity index (χ1n) is 6.45. The first-order valence-corrected chi connectivity index (χ1v) is 6.45. The van der Waals surface area contributed by atoms with E-state index < -0.39 is 0 Å². The summed E-state index contributed by atoms with van der Waals surface area (Å²) in [5.74, 6) is 0.378. The molecule has 0 aliphatic carbocycles. The number of aliphatic hydroxyl groups excluding tert-OH is 1. The second-order valence-electron chi connectivity index (χ2n) is 6.20. The van der Waals surface area contributed by atoms with Crippen LogP contribution in [-0.4, -0.2) is 46.7 Å². The van der Waals surface area contributed by atoms with Crippen molar-refractivity contribution < 1.29 is 9.90 Å². The minimum atomic E-state index is -0.280. The fourth-order valence-electron chi connectivity index (χ4n) is 2.20. The fourth-order valence-corrected chi connectivity index (χ4v) is 2.20. The van der Waals surface area contributed by atoms with Crippen molar-refractivity contribution >= 4 is 5.91 Å². The van der Waals surface area contributed by atoms with Gasteiger partial charge in [0.15, 0.2) is 0 Å². The first-order chi connectivity index (χ1) is 7.70. The van der Waals surface area contributed by atoms with E-state index in [-0.39, 0.29) is 23.6 Å². The normalized spacial score (nSPS) is 25.6. The van der Waals surface area contributed by atoms with Crippen LogP contribution in [0.4, 0.5) is 0 Å². The van der Waals surface area contributed by atoms with Gasteiger partial charge in [0.1, 0.15) is 0 Å². The Morgan fingerprint density at radius 1 is 1.41 bits per heavy atom. The second kappa shape index (κ2) is 5.36. The summed E-state index contributed by atoms with van der Waals surface area (Å²) in [4.78, 5) is 14.2. The van der Waals surface area contributed by atoms with Crippen LogP contribution in [0, 0.1) is 5.92 Å². The van der Waals surface area contributed by atoms with E-state index in [1.807, 2.05) is 34.6 Å². The van der Waals surface area contributed by atoms with Gasteiger partial charge < -0.3 is 10.4 Å². The lowest BCUT2D eigenvalue weighted by molar-refractivity contribution is -0.127. The molecule has 0 aromatic carbocycles. The lowest BCUT2D eigenvalue weighted by Crippen LogP contribution is -2.50. The highest BCUT2D eigenvalue weighted by Gasteiger charge is 2.32. The van der Waals surface area contributed by atoms with Gasteiger partial charge in [-0.2, -0.15) is 0 Å². The smallest absolute Gasteiger partial charge is 0.237 e. The van der Waals surface area contributed by atoms with Crippen molar-refractivity contribution in [1.82, 2.24) is 10.2 Å². The summed E-state index contributed by atoms with van der Waals surface area (Å²) >= 11 is 0. The quantitative estimate of drug-likeness (QED) is 0.776. The molecule has 4 heteroatoms. The molecule has 1 fully saturated rings. The van der Waals surface area contributed by atoms with Crippen LogP contribution >= 0.6 is 0 Å². The van der Waals surface area contributed by atoms with Gasteiger partial charge in [0.2, 0.25) is 5.91 Å². The van der Waals surface area contributed by atoms with E-state index in [0.717, 1.165) is 19.5 Å². The Hall–Kier alpha value is -0.610. The molecule has 1 rings (SSSR count). The number of rotatable bonds is 3. The van der Waals surface area contributed by atoms with E-state index in [1.165, 1.54) is 0 Å². The minimum Gasteiger partial charge on any atom is -0.393 e. The largest absolute Gasteiger partial charge is 0.393 e. The van der Waals surface area contributed by atoms with Crippen LogP contribution in [0.3, 0.4) is 0 Å². The van der Waals surface area contributed by atoms with Gasteiger partial charge in [-0.15, -0.1) is 0 Å². The molecule has 2 N–H and O–H groups in total. The minimum absolute atomic E-state index is 0.0729. The number of aliphatic hydroxyl groups is 1. The molecular weight excluding hydrogens is 216 g/mol. The van der Waals surface area contributed by atoms with E-state index in [0.29, 0.717) is 5.92 Å². The van der Waals surface area contributed by atoms with Gasteiger partial charge in [0, 0.05) is 12.1 Å². The fraction of sp³-hybridized carbons (Fsp3) is 0.923. The third-order valence-electron chi connectivity index (χ3n) is 3.36. The maximum atomic E-state index is 12.0. The van der Waals surface area contributed by atoms with Gasteiger partial charge in [0.25, 0.3) is 0 Å². The maximum Gasteiger partial charge on any atom is 0.237 e. The average Bonchev–Trinajstić information content (AvgIpc) is 2.62. The molecule has 1 saturated heterocycles. The molecule has 3 atom stereocenters. The SMILES string of the molecule is CC(O)C1CCN(C(C)C(=O)NC(C)(C)C)C1. The molecule has 0 bridgehead atoms. The maximum absolute atomic E-state index is 12.0. The number of nitrogens with zero attached hydrogens (tertiary/aromatic N) is 1. The Morgan fingerprint density at radius 3 is 2.41 bits per heavy atom. The van der Waals surface area contributed by atoms with Crippen molar-refractivity contribution in [2.45, 2.75) is 58.7 Å². The Bertz CT molecular complexity index is 271. The summed E-state index contributed by atoms with van der Waals surface area (Å²) in [6, 6.07) is -0.113. The zero-order valence-corrected chi connectivity index (χ0v) is 11.7. The molecule has 100 valence electrons. The van der Waals surface area contributed by atoms with Gasteiger partial charge in [-0.1, -0.05) is 0 Å². The molecule has 0 aromatic rings. The molecule has 0 radical (unpaired) electrons. The van der Waals surface area contributed by atoms with E-state index in [4.69, 9.17) is 0 Å². The lowest BCUT2D eigenvalue weighted by atomic mass is 10.0. The van der Waals surface area contributed by atoms with E-state index in [1.54, 1.807) is 0 Å². The van der Waals surface area contributed by atoms with Gasteiger partial charge >= 0.3 is 0 Å². The molecule has 1 aliphatic heterocycles. The van der Waals surface area contributed by atoms with Crippen LogP contribution in [0.2, 0.25) is 0 Å². The standard InChI is InChI=1S/C13H26N2O2/c1-9(12(17)14-13(3,4)5)15-7-6-11(8-15)10(2)16/h9-11,16H,6-8H2,1-5H3,(H,14,17). The number of carbonyl (C=O) groups is 1. The topological polar surface area (TPSA) is 52.6 Å². The molecule has 1 aliphatic rings.